The van der Waals surface area contributed by atoms with Crippen LogP contribution in [0.15, 0.2) is 59.5 Å². The second-order valence-corrected chi connectivity index (χ2v) is 8.67. The average Bonchev–Trinajstić information content (AvgIpc) is 3.44. The standard InChI is InChI=1S/C26H23N3O3/c1-15(25(30)28-16-6-2-3-7-16)32-17-10-11-22-21(14-17)19-12-13-27-23-18-8-4-5-9-20(18)26(31)29(22)24(19)23/h4-5,8-16H,2-3,6-7H2,1H3,(H,28,30)/t15-/m1/s1. The molecule has 0 saturated heterocycles. The summed E-state index contributed by atoms with van der Waals surface area (Å²) in [6.45, 7) is 1.77. The number of amides is 1. The molecule has 1 atom stereocenters. The van der Waals surface area contributed by atoms with E-state index in [1.807, 2.05) is 48.5 Å². The summed E-state index contributed by atoms with van der Waals surface area (Å²) in [6, 6.07) is 15.4. The number of hydrogen-bond acceptors (Lipinski definition) is 4. The van der Waals surface area contributed by atoms with E-state index in [9.17, 15) is 9.59 Å². The molecule has 1 aliphatic carbocycles. The van der Waals surface area contributed by atoms with E-state index in [0.29, 0.717) is 11.1 Å². The van der Waals surface area contributed by atoms with E-state index in [0.717, 1.165) is 45.6 Å². The van der Waals surface area contributed by atoms with Gasteiger partial charge in [0.1, 0.15) is 5.75 Å². The number of ether oxygens (including phenoxy) is 1. The summed E-state index contributed by atoms with van der Waals surface area (Å²) >= 11 is 0. The van der Waals surface area contributed by atoms with E-state index in [4.69, 9.17) is 4.74 Å². The molecule has 0 bridgehead atoms. The van der Waals surface area contributed by atoms with Crippen LogP contribution in [0.5, 0.6) is 5.75 Å². The van der Waals surface area contributed by atoms with Crippen LogP contribution >= 0.6 is 0 Å². The molecule has 1 fully saturated rings. The van der Waals surface area contributed by atoms with Crippen LogP contribution in [0.1, 0.15) is 32.6 Å². The van der Waals surface area contributed by atoms with Crippen molar-refractivity contribution in [3.8, 4) is 5.75 Å². The Morgan fingerprint density at radius 1 is 1.06 bits per heavy atom. The summed E-state index contributed by atoms with van der Waals surface area (Å²) in [6.07, 6.45) is 5.59. The van der Waals surface area contributed by atoms with E-state index in [1.165, 1.54) is 12.8 Å². The third-order valence-corrected chi connectivity index (χ3v) is 6.65. The molecule has 32 heavy (non-hydrogen) atoms. The maximum Gasteiger partial charge on any atom is 0.263 e. The lowest BCUT2D eigenvalue weighted by atomic mass is 10.1. The zero-order valence-corrected chi connectivity index (χ0v) is 17.8. The molecule has 6 heteroatoms. The Bertz CT molecular complexity index is 1550. The molecule has 6 rings (SSSR count). The van der Waals surface area contributed by atoms with Crippen LogP contribution in [0, 0.1) is 0 Å². The van der Waals surface area contributed by atoms with E-state index in [-0.39, 0.29) is 17.5 Å². The van der Waals surface area contributed by atoms with E-state index in [2.05, 4.69) is 10.3 Å². The van der Waals surface area contributed by atoms with Gasteiger partial charge in [-0.25, -0.2) is 0 Å². The van der Waals surface area contributed by atoms with Gasteiger partial charge in [0, 0.05) is 33.8 Å². The van der Waals surface area contributed by atoms with E-state index >= 15 is 0 Å². The van der Waals surface area contributed by atoms with Crippen LogP contribution in [0.3, 0.4) is 0 Å². The quantitative estimate of drug-likeness (QED) is 0.433. The number of fused-ring (bicyclic) bond motifs is 5. The van der Waals surface area contributed by atoms with Gasteiger partial charge in [0.05, 0.1) is 16.6 Å². The molecule has 5 aromatic rings. The van der Waals surface area contributed by atoms with Crippen molar-refractivity contribution in [2.24, 2.45) is 0 Å². The fraction of sp³-hybridized carbons (Fsp3) is 0.269. The molecule has 3 aromatic heterocycles. The normalized spacial score (nSPS) is 15.8. The van der Waals surface area contributed by atoms with Crippen molar-refractivity contribution in [1.82, 2.24) is 14.7 Å². The van der Waals surface area contributed by atoms with Gasteiger partial charge in [0.2, 0.25) is 0 Å². The summed E-state index contributed by atoms with van der Waals surface area (Å²) in [5, 5.41) is 6.45. The Morgan fingerprint density at radius 3 is 2.66 bits per heavy atom. The fourth-order valence-corrected chi connectivity index (χ4v) is 5.07. The van der Waals surface area contributed by atoms with Gasteiger partial charge in [-0.2, -0.15) is 0 Å². The summed E-state index contributed by atoms with van der Waals surface area (Å²) in [5.41, 5.74) is 2.37. The number of nitrogens with one attached hydrogen (secondary N) is 1. The lowest BCUT2D eigenvalue weighted by molar-refractivity contribution is -0.127. The Morgan fingerprint density at radius 2 is 1.84 bits per heavy atom. The van der Waals surface area contributed by atoms with Gasteiger partial charge in [0.25, 0.3) is 11.5 Å². The Hall–Kier alpha value is -3.67. The van der Waals surface area contributed by atoms with Crippen molar-refractivity contribution in [3.05, 3.63) is 65.1 Å². The zero-order chi connectivity index (χ0) is 21.8. The first-order chi connectivity index (χ1) is 15.6. The molecule has 1 N–H and O–H groups in total. The van der Waals surface area contributed by atoms with Gasteiger partial charge in [-0.3, -0.25) is 19.0 Å². The van der Waals surface area contributed by atoms with Crippen molar-refractivity contribution in [3.63, 3.8) is 0 Å². The van der Waals surface area contributed by atoms with Crippen molar-refractivity contribution >= 4 is 44.0 Å². The molecule has 1 saturated carbocycles. The monoisotopic (exact) mass is 425 g/mol. The molecule has 0 aliphatic heterocycles. The maximum atomic E-state index is 13.3. The fourth-order valence-electron chi connectivity index (χ4n) is 5.07. The highest BCUT2D eigenvalue weighted by Crippen LogP contribution is 2.34. The van der Waals surface area contributed by atoms with Gasteiger partial charge in [0.15, 0.2) is 6.10 Å². The second-order valence-electron chi connectivity index (χ2n) is 8.67. The number of carbonyl (C=O) groups is 1. The van der Waals surface area contributed by atoms with Gasteiger partial charge < -0.3 is 10.1 Å². The van der Waals surface area contributed by atoms with Crippen LogP contribution < -0.4 is 15.6 Å². The molecule has 1 amide bonds. The van der Waals surface area contributed by atoms with Crippen molar-refractivity contribution in [1.29, 1.82) is 0 Å². The van der Waals surface area contributed by atoms with E-state index in [1.54, 1.807) is 17.5 Å². The first kappa shape index (κ1) is 19.0. The van der Waals surface area contributed by atoms with Crippen LogP contribution in [0.25, 0.3) is 38.1 Å². The van der Waals surface area contributed by atoms with Crippen LogP contribution in [0.2, 0.25) is 0 Å². The number of hydrogen-bond donors (Lipinski definition) is 1. The minimum Gasteiger partial charge on any atom is -0.481 e. The molecule has 0 spiro atoms. The number of pyridine rings is 2. The van der Waals surface area contributed by atoms with Crippen LogP contribution in [-0.4, -0.2) is 27.4 Å². The highest BCUT2D eigenvalue weighted by molar-refractivity contribution is 6.18. The largest absolute Gasteiger partial charge is 0.481 e. The third-order valence-electron chi connectivity index (χ3n) is 6.65. The summed E-state index contributed by atoms with van der Waals surface area (Å²) < 4.78 is 7.74. The van der Waals surface area contributed by atoms with Crippen molar-refractivity contribution < 1.29 is 9.53 Å². The molecular weight excluding hydrogens is 402 g/mol. The van der Waals surface area contributed by atoms with Crippen molar-refractivity contribution in [2.75, 3.05) is 0 Å². The number of nitrogens with zero attached hydrogens (tertiary/aromatic N) is 2. The SMILES string of the molecule is C[C@@H](Oc1ccc2c(c1)c1ccnc3c4ccccc4c(=O)n2c13)C(=O)NC1CCCC1. The molecule has 160 valence electrons. The highest BCUT2D eigenvalue weighted by atomic mass is 16.5. The van der Waals surface area contributed by atoms with Gasteiger partial charge in [-0.1, -0.05) is 31.0 Å². The minimum absolute atomic E-state index is 0.0564. The van der Waals surface area contributed by atoms with Gasteiger partial charge in [-0.15, -0.1) is 0 Å². The molecule has 2 aromatic carbocycles. The highest BCUT2D eigenvalue weighted by Gasteiger charge is 2.22. The summed E-state index contributed by atoms with van der Waals surface area (Å²) in [4.78, 5) is 30.5. The number of aromatic nitrogens is 2. The van der Waals surface area contributed by atoms with E-state index < -0.39 is 6.10 Å². The predicted octanol–water partition coefficient (Wildman–Crippen LogP) is 4.42. The van der Waals surface area contributed by atoms with Crippen LogP contribution in [0.4, 0.5) is 0 Å². The Labute approximate surface area is 184 Å². The lowest BCUT2D eigenvalue weighted by Crippen LogP contribution is -2.41. The van der Waals surface area contributed by atoms with Crippen LogP contribution in [-0.2, 0) is 4.79 Å². The second kappa shape index (κ2) is 7.19. The summed E-state index contributed by atoms with van der Waals surface area (Å²) in [7, 11) is 0. The molecule has 0 unspecified atom stereocenters. The van der Waals surface area contributed by atoms with Gasteiger partial charge >= 0.3 is 0 Å². The third kappa shape index (κ3) is 2.83. The smallest absolute Gasteiger partial charge is 0.263 e. The molecule has 1 aliphatic rings. The number of rotatable bonds is 4. The average molecular weight is 425 g/mol. The predicted molar refractivity (Wildman–Crippen MR) is 126 cm³/mol. The Kier molecular flexibility index (Phi) is 4.28. The molecule has 3 heterocycles. The lowest BCUT2D eigenvalue weighted by Gasteiger charge is -2.18. The molecule has 0 radical (unpaired) electrons. The first-order valence-corrected chi connectivity index (χ1v) is 11.2. The zero-order valence-electron chi connectivity index (χ0n) is 17.8. The number of carbonyl (C=O) groups excluding carboxylic acids is 1. The maximum absolute atomic E-state index is 13.3. The molecule has 6 nitrogen and oxygen atoms in total. The summed E-state index contributed by atoms with van der Waals surface area (Å²) in [5.74, 6) is 0.516. The topological polar surface area (TPSA) is 72.7 Å². The first-order valence-electron chi connectivity index (χ1n) is 11.2. The van der Waals surface area contributed by atoms with Gasteiger partial charge in [-0.05, 0) is 50.1 Å². The Balaban J connectivity index is 1.45. The number of benzene rings is 2. The van der Waals surface area contributed by atoms with Crippen molar-refractivity contribution in [2.45, 2.75) is 44.8 Å². The minimum atomic E-state index is -0.597. The molecular formula is C26H23N3O3.